The maximum absolute atomic E-state index is 5.75. The molecule has 4 nitrogen and oxygen atoms in total. The highest BCUT2D eigenvalue weighted by Crippen LogP contribution is 2.18. The Morgan fingerprint density at radius 1 is 1.59 bits per heavy atom. The van der Waals surface area contributed by atoms with Crippen molar-refractivity contribution in [2.75, 3.05) is 6.61 Å². The van der Waals surface area contributed by atoms with Crippen LogP contribution in [-0.4, -0.2) is 28.5 Å². The molecule has 1 aromatic rings. The summed E-state index contributed by atoms with van der Waals surface area (Å²) in [6.45, 7) is 3.98. The molecule has 0 saturated carbocycles. The summed E-state index contributed by atoms with van der Waals surface area (Å²) >= 11 is 0. The molecule has 0 aliphatic carbocycles. The quantitative estimate of drug-likeness (QED) is 0.849. The van der Waals surface area contributed by atoms with Gasteiger partial charge in [0.25, 0.3) is 0 Å². The molecule has 2 unspecified atom stereocenters. The van der Waals surface area contributed by atoms with Gasteiger partial charge in [0.1, 0.15) is 0 Å². The molecule has 4 heteroatoms. The van der Waals surface area contributed by atoms with E-state index in [0.717, 1.165) is 31.7 Å². The molecule has 2 atom stereocenters. The van der Waals surface area contributed by atoms with E-state index in [1.807, 2.05) is 17.9 Å². The predicted octanol–water partition coefficient (Wildman–Crippen LogP) is 1.86. The van der Waals surface area contributed by atoms with Gasteiger partial charge >= 0.3 is 0 Å². The topological polar surface area (TPSA) is 39.1 Å². The van der Waals surface area contributed by atoms with Crippen LogP contribution in [0.2, 0.25) is 0 Å². The number of hydrogen-bond donors (Lipinski definition) is 1. The predicted molar refractivity (Wildman–Crippen MR) is 67.7 cm³/mol. The van der Waals surface area contributed by atoms with Crippen molar-refractivity contribution >= 4 is 0 Å². The Kier molecular flexibility index (Phi) is 4.57. The van der Waals surface area contributed by atoms with Crippen LogP contribution in [0, 0.1) is 0 Å². The third-order valence-electron chi connectivity index (χ3n) is 3.32. The summed E-state index contributed by atoms with van der Waals surface area (Å²) in [5.41, 5.74) is 1.12. The molecule has 17 heavy (non-hydrogen) atoms. The van der Waals surface area contributed by atoms with E-state index in [2.05, 4.69) is 23.4 Å². The van der Waals surface area contributed by atoms with Crippen molar-refractivity contribution in [1.29, 1.82) is 0 Å². The number of hydrogen-bond acceptors (Lipinski definition) is 3. The maximum Gasteiger partial charge on any atom is 0.0762 e. The van der Waals surface area contributed by atoms with Gasteiger partial charge in [-0.05, 0) is 25.3 Å². The molecule has 96 valence electrons. The number of rotatable bonds is 5. The highest BCUT2D eigenvalue weighted by Gasteiger charge is 2.21. The summed E-state index contributed by atoms with van der Waals surface area (Å²) in [5, 5.41) is 7.96. The zero-order valence-electron chi connectivity index (χ0n) is 10.9. The van der Waals surface area contributed by atoms with E-state index in [1.54, 1.807) is 0 Å². The van der Waals surface area contributed by atoms with Gasteiger partial charge in [-0.25, -0.2) is 0 Å². The van der Waals surface area contributed by atoms with Crippen molar-refractivity contribution in [2.24, 2.45) is 7.05 Å². The number of aryl methyl sites for hydroxylation is 1. The molecule has 1 aliphatic heterocycles. The third kappa shape index (κ3) is 3.82. The summed E-state index contributed by atoms with van der Waals surface area (Å²) in [4.78, 5) is 0. The molecule has 2 heterocycles. The SMILES string of the molecule is CCCC1CC(NCc2ccn(C)n2)CCO1. The van der Waals surface area contributed by atoms with Gasteiger partial charge in [-0.15, -0.1) is 0 Å². The molecule has 1 N–H and O–H groups in total. The van der Waals surface area contributed by atoms with Crippen LogP contribution in [0.15, 0.2) is 12.3 Å². The van der Waals surface area contributed by atoms with Gasteiger partial charge in [-0.3, -0.25) is 4.68 Å². The van der Waals surface area contributed by atoms with Gasteiger partial charge in [0, 0.05) is 32.4 Å². The minimum Gasteiger partial charge on any atom is -0.378 e. The van der Waals surface area contributed by atoms with E-state index in [1.165, 1.54) is 12.8 Å². The van der Waals surface area contributed by atoms with Crippen LogP contribution in [0.1, 0.15) is 38.3 Å². The van der Waals surface area contributed by atoms with Crippen LogP contribution in [0.3, 0.4) is 0 Å². The van der Waals surface area contributed by atoms with E-state index in [9.17, 15) is 0 Å². The summed E-state index contributed by atoms with van der Waals surface area (Å²) in [5.74, 6) is 0. The Morgan fingerprint density at radius 3 is 3.18 bits per heavy atom. The maximum atomic E-state index is 5.75. The third-order valence-corrected chi connectivity index (χ3v) is 3.32. The standard InChI is InChI=1S/C13H23N3O/c1-3-4-13-9-11(6-8-17-13)14-10-12-5-7-16(2)15-12/h5,7,11,13-14H,3-4,6,8-10H2,1-2H3. The first-order valence-electron chi connectivity index (χ1n) is 6.61. The lowest BCUT2D eigenvalue weighted by Gasteiger charge is -2.30. The van der Waals surface area contributed by atoms with Crippen LogP contribution in [0.4, 0.5) is 0 Å². The fourth-order valence-corrected chi connectivity index (χ4v) is 2.40. The second-order valence-corrected chi connectivity index (χ2v) is 4.86. The summed E-state index contributed by atoms with van der Waals surface area (Å²) < 4.78 is 7.59. The van der Waals surface area contributed by atoms with Crippen molar-refractivity contribution in [3.8, 4) is 0 Å². The first kappa shape index (κ1) is 12.6. The van der Waals surface area contributed by atoms with E-state index in [4.69, 9.17) is 4.74 Å². The molecule has 0 spiro atoms. The average molecular weight is 237 g/mol. The molecule has 0 bridgehead atoms. The van der Waals surface area contributed by atoms with Crippen LogP contribution < -0.4 is 5.32 Å². The van der Waals surface area contributed by atoms with Gasteiger partial charge in [0.05, 0.1) is 11.8 Å². The fraction of sp³-hybridized carbons (Fsp3) is 0.769. The van der Waals surface area contributed by atoms with Crippen molar-refractivity contribution < 1.29 is 4.74 Å². The number of aromatic nitrogens is 2. The van der Waals surface area contributed by atoms with Gasteiger partial charge in [-0.2, -0.15) is 5.10 Å². The highest BCUT2D eigenvalue weighted by molar-refractivity contribution is 4.98. The molecule has 0 radical (unpaired) electrons. The zero-order chi connectivity index (χ0) is 12.1. The molecule has 0 aromatic carbocycles. The minimum atomic E-state index is 0.454. The Balaban J connectivity index is 1.75. The van der Waals surface area contributed by atoms with Crippen LogP contribution in [0.5, 0.6) is 0 Å². The first-order chi connectivity index (χ1) is 8.28. The Labute approximate surface area is 103 Å². The van der Waals surface area contributed by atoms with E-state index in [-0.39, 0.29) is 0 Å². The van der Waals surface area contributed by atoms with Gasteiger partial charge in [0.2, 0.25) is 0 Å². The molecule has 1 saturated heterocycles. The lowest BCUT2D eigenvalue weighted by atomic mass is 10.00. The Morgan fingerprint density at radius 2 is 2.47 bits per heavy atom. The molecule has 0 amide bonds. The van der Waals surface area contributed by atoms with Gasteiger partial charge in [-0.1, -0.05) is 13.3 Å². The lowest BCUT2D eigenvalue weighted by molar-refractivity contribution is -0.00348. The average Bonchev–Trinajstić information content (AvgIpc) is 2.74. The molecule has 1 aliphatic rings. The van der Waals surface area contributed by atoms with Crippen molar-refractivity contribution in [3.05, 3.63) is 18.0 Å². The molecule has 2 rings (SSSR count). The van der Waals surface area contributed by atoms with Crippen molar-refractivity contribution in [1.82, 2.24) is 15.1 Å². The first-order valence-corrected chi connectivity index (χ1v) is 6.61. The Hall–Kier alpha value is -0.870. The summed E-state index contributed by atoms with van der Waals surface area (Å²) in [7, 11) is 1.95. The van der Waals surface area contributed by atoms with E-state index in [0.29, 0.717) is 12.1 Å². The van der Waals surface area contributed by atoms with Crippen molar-refractivity contribution in [2.45, 2.75) is 51.3 Å². The normalized spacial score (nSPS) is 25.1. The molecule has 1 fully saturated rings. The van der Waals surface area contributed by atoms with Crippen LogP contribution in [0.25, 0.3) is 0 Å². The lowest BCUT2D eigenvalue weighted by Crippen LogP contribution is -2.38. The van der Waals surface area contributed by atoms with Gasteiger partial charge < -0.3 is 10.1 Å². The largest absolute Gasteiger partial charge is 0.378 e. The summed E-state index contributed by atoms with van der Waals surface area (Å²) in [6.07, 6.45) is 7.09. The highest BCUT2D eigenvalue weighted by atomic mass is 16.5. The number of ether oxygens (including phenoxy) is 1. The molecular formula is C13H23N3O. The fourth-order valence-electron chi connectivity index (χ4n) is 2.40. The smallest absolute Gasteiger partial charge is 0.0762 e. The summed E-state index contributed by atoms with van der Waals surface area (Å²) in [6, 6.07) is 2.65. The number of nitrogens with one attached hydrogen (secondary N) is 1. The minimum absolute atomic E-state index is 0.454. The molecule has 1 aromatic heterocycles. The number of nitrogens with zero attached hydrogens (tertiary/aromatic N) is 2. The molecular weight excluding hydrogens is 214 g/mol. The second kappa shape index (κ2) is 6.17. The zero-order valence-corrected chi connectivity index (χ0v) is 10.9. The Bertz CT molecular complexity index is 335. The second-order valence-electron chi connectivity index (χ2n) is 4.86. The van der Waals surface area contributed by atoms with Gasteiger partial charge in [0.15, 0.2) is 0 Å². The van der Waals surface area contributed by atoms with Crippen LogP contribution in [-0.2, 0) is 18.3 Å². The van der Waals surface area contributed by atoms with E-state index < -0.39 is 0 Å². The van der Waals surface area contributed by atoms with E-state index >= 15 is 0 Å². The monoisotopic (exact) mass is 237 g/mol. The van der Waals surface area contributed by atoms with Crippen LogP contribution >= 0.6 is 0 Å². The van der Waals surface area contributed by atoms with Crippen molar-refractivity contribution in [3.63, 3.8) is 0 Å².